The van der Waals surface area contributed by atoms with Gasteiger partial charge in [-0.05, 0) is 96.7 Å². The summed E-state index contributed by atoms with van der Waals surface area (Å²) in [5, 5.41) is 25.8. The number of fused-ring (bicyclic) bond motifs is 3. The first-order valence-corrected chi connectivity index (χ1v) is 18.6. The van der Waals surface area contributed by atoms with Gasteiger partial charge in [0.05, 0.1) is 37.9 Å². The molecule has 3 N–H and O–H groups in total. The number of carbonyl (C=O) groups is 1. The molecule has 0 radical (unpaired) electrons. The molecule has 48 heavy (non-hydrogen) atoms. The number of aliphatic carboxylic acids is 1. The van der Waals surface area contributed by atoms with Gasteiger partial charge in [0.15, 0.2) is 0 Å². The molecular formula is C39H61N5O4. The molecule has 1 aromatic rings. The van der Waals surface area contributed by atoms with Crippen molar-refractivity contribution >= 4 is 5.97 Å². The number of ether oxygens (including phenoxy) is 2. The summed E-state index contributed by atoms with van der Waals surface area (Å²) in [6.07, 6.45) is 9.03. The van der Waals surface area contributed by atoms with Crippen molar-refractivity contribution in [2.75, 3.05) is 19.8 Å². The summed E-state index contributed by atoms with van der Waals surface area (Å²) in [4.78, 5) is 17.8. The Morgan fingerprint density at radius 1 is 1.17 bits per heavy atom. The van der Waals surface area contributed by atoms with Crippen molar-refractivity contribution in [3.05, 3.63) is 23.8 Å². The van der Waals surface area contributed by atoms with Crippen molar-refractivity contribution in [2.45, 2.75) is 125 Å². The van der Waals surface area contributed by atoms with Crippen LogP contribution in [-0.2, 0) is 14.3 Å². The van der Waals surface area contributed by atoms with Crippen LogP contribution in [0.1, 0.15) is 120 Å². The molecule has 0 amide bonds. The van der Waals surface area contributed by atoms with E-state index in [4.69, 9.17) is 15.2 Å². The van der Waals surface area contributed by atoms with Gasteiger partial charge in [-0.3, -0.25) is 4.79 Å². The summed E-state index contributed by atoms with van der Waals surface area (Å²) in [5.74, 6) is 0.593. The average Bonchev–Trinajstić information content (AvgIpc) is 3.49. The van der Waals surface area contributed by atoms with E-state index in [0.29, 0.717) is 43.9 Å². The molecule has 2 heterocycles. The second-order valence-corrected chi connectivity index (χ2v) is 18.7. The standard InChI is InChI=1S/C39H61N5O4/c1-23(2)25(5)35(7)15-16-36(8)26-11-12-29-34(6)17-28(44-30(18-40)42-22-43-44)32(48-20-38(10,41)24(3)4)39(29,21-47-19-34)27(26)13-14-37(36,9)31(35)33(45)46/h13,22-26,28-29,31-32H,11-12,14-17,19-21,41H2,1-10H3,(H,45,46)/t25-,26+,28-,29-,31-,32+,34-,35-,36-,37+,38+,39+/m1/s1. The predicted octanol–water partition coefficient (Wildman–Crippen LogP) is 7.04. The number of aromatic nitrogens is 3. The molecule has 1 saturated heterocycles. The number of hydrogen-bond acceptors (Lipinski definition) is 7. The quantitative estimate of drug-likeness (QED) is 0.283. The molecular weight excluding hydrogens is 602 g/mol. The van der Waals surface area contributed by atoms with E-state index in [9.17, 15) is 15.2 Å². The summed E-state index contributed by atoms with van der Waals surface area (Å²) in [6.45, 7) is 23.9. The maximum absolute atomic E-state index is 13.5. The Labute approximate surface area is 288 Å². The van der Waals surface area contributed by atoms with Gasteiger partial charge in [0.1, 0.15) is 12.4 Å². The van der Waals surface area contributed by atoms with Crippen molar-refractivity contribution in [2.24, 2.45) is 68.3 Å². The van der Waals surface area contributed by atoms with Gasteiger partial charge >= 0.3 is 5.97 Å². The fraction of sp³-hybridized carbons (Fsp3) is 0.846. The van der Waals surface area contributed by atoms with Gasteiger partial charge in [-0.1, -0.05) is 74.0 Å². The van der Waals surface area contributed by atoms with Crippen molar-refractivity contribution in [3.8, 4) is 6.07 Å². The molecule has 4 aliphatic carbocycles. The smallest absolute Gasteiger partial charge is 0.307 e. The van der Waals surface area contributed by atoms with Crippen molar-refractivity contribution < 1.29 is 19.4 Å². The lowest BCUT2D eigenvalue weighted by Crippen LogP contribution is -2.70. The first kappa shape index (κ1) is 35.5. The Morgan fingerprint density at radius 3 is 2.50 bits per heavy atom. The van der Waals surface area contributed by atoms with Gasteiger partial charge in [-0.2, -0.15) is 10.4 Å². The maximum atomic E-state index is 13.5. The van der Waals surface area contributed by atoms with Gasteiger partial charge < -0.3 is 20.3 Å². The highest BCUT2D eigenvalue weighted by molar-refractivity contribution is 5.73. The van der Waals surface area contributed by atoms with Crippen LogP contribution in [0.3, 0.4) is 0 Å². The number of carboxylic acid groups (broad SMARTS) is 1. The van der Waals surface area contributed by atoms with Crippen LogP contribution >= 0.6 is 0 Å². The molecule has 5 aliphatic rings. The van der Waals surface area contributed by atoms with Gasteiger partial charge in [0.25, 0.3) is 0 Å². The number of hydrogen-bond donors (Lipinski definition) is 2. The molecule has 4 fully saturated rings. The van der Waals surface area contributed by atoms with Crippen LogP contribution in [-0.4, -0.2) is 57.3 Å². The molecule has 1 aromatic heterocycles. The highest BCUT2D eigenvalue weighted by atomic mass is 16.5. The number of nitrogens with zero attached hydrogens (tertiary/aromatic N) is 4. The van der Waals surface area contributed by atoms with E-state index in [1.807, 2.05) is 4.68 Å². The minimum absolute atomic E-state index is 0.152. The minimum atomic E-state index is -0.652. The zero-order chi connectivity index (χ0) is 35.2. The van der Waals surface area contributed by atoms with E-state index in [1.54, 1.807) is 0 Å². The third-order valence-corrected chi connectivity index (χ3v) is 15.9. The van der Waals surface area contributed by atoms with E-state index >= 15 is 0 Å². The summed E-state index contributed by atoms with van der Waals surface area (Å²) in [6, 6.07) is 2.07. The zero-order valence-electron chi connectivity index (χ0n) is 31.2. The zero-order valence-corrected chi connectivity index (χ0v) is 31.2. The van der Waals surface area contributed by atoms with E-state index < -0.39 is 28.3 Å². The molecule has 12 atom stereocenters. The Balaban J connectivity index is 1.53. The Bertz CT molecular complexity index is 1490. The highest BCUT2D eigenvalue weighted by Crippen LogP contribution is 2.75. The van der Waals surface area contributed by atoms with Crippen LogP contribution in [0.2, 0.25) is 0 Å². The first-order valence-electron chi connectivity index (χ1n) is 18.6. The van der Waals surface area contributed by atoms with Crippen molar-refractivity contribution in [3.63, 3.8) is 0 Å². The summed E-state index contributed by atoms with van der Waals surface area (Å²) < 4.78 is 15.7. The molecule has 6 rings (SSSR count). The predicted molar refractivity (Wildman–Crippen MR) is 185 cm³/mol. The third kappa shape index (κ3) is 4.74. The van der Waals surface area contributed by atoms with Crippen LogP contribution in [0, 0.1) is 73.9 Å². The maximum Gasteiger partial charge on any atom is 0.307 e. The highest BCUT2D eigenvalue weighted by Gasteiger charge is 2.72. The summed E-state index contributed by atoms with van der Waals surface area (Å²) >= 11 is 0. The lowest BCUT2D eigenvalue weighted by molar-refractivity contribution is -0.254. The van der Waals surface area contributed by atoms with Gasteiger partial charge in [0, 0.05) is 11.0 Å². The Morgan fingerprint density at radius 2 is 1.88 bits per heavy atom. The Hall–Kier alpha value is -2.28. The lowest BCUT2D eigenvalue weighted by atomic mass is 9.34. The minimum Gasteiger partial charge on any atom is -0.481 e. The lowest BCUT2D eigenvalue weighted by Gasteiger charge is -2.71. The molecule has 9 nitrogen and oxygen atoms in total. The van der Waals surface area contributed by atoms with Crippen molar-refractivity contribution in [1.29, 1.82) is 5.26 Å². The fourth-order valence-corrected chi connectivity index (χ4v) is 12.1. The second kappa shape index (κ2) is 11.6. The molecule has 266 valence electrons. The monoisotopic (exact) mass is 663 g/mol. The van der Waals surface area contributed by atoms with E-state index in [-0.39, 0.29) is 46.1 Å². The number of carboxylic acids is 1. The number of allylic oxidation sites excluding steroid dienone is 1. The van der Waals surface area contributed by atoms with Crippen LogP contribution in [0.25, 0.3) is 0 Å². The van der Waals surface area contributed by atoms with Crippen LogP contribution in [0.4, 0.5) is 0 Å². The van der Waals surface area contributed by atoms with Gasteiger partial charge in [-0.25, -0.2) is 9.67 Å². The molecule has 0 spiro atoms. The fourth-order valence-electron chi connectivity index (χ4n) is 12.1. The number of nitrogens with two attached hydrogens (primary N) is 1. The van der Waals surface area contributed by atoms with Gasteiger partial charge in [-0.15, -0.1) is 0 Å². The van der Waals surface area contributed by atoms with Crippen molar-refractivity contribution in [1.82, 2.24) is 14.8 Å². The molecule has 1 aliphatic heterocycles. The molecule has 2 bridgehead atoms. The number of rotatable bonds is 8. The van der Waals surface area contributed by atoms with E-state index in [0.717, 1.165) is 32.1 Å². The molecule has 0 aromatic carbocycles. The normalized spacial score (nSPS) is 44.1. The Kier molecular flexibility index (Phi) is 8.61. The second-order valence-electron chi connectivity index (χ2n) is 18.7. The SMILES string of the molecule is CC(C)[C@@H](C)[C@@]1(C)CC[C@]2(C)[C@H]3CC[C@@H]4[C@@]5(C)COC[C@@]4(C3=CC[C@@]2(C)[C@@H]1C(=O)O)[C@@H](OC[C@](C)(N)C(C)C)[C@H](n1ncnc1C#N)C5. The molecule has 9 heteroatoms. The molecule has 3 saturated carbocycles. The largest absolute Gasteiger partial charge is 0.481 e. The third-order valence-electron chi connectivity index (χ3n) is 15.9. The summed E-state index contributed by atoms with van der Waals surface area (Å²) in [5.41, 5.74) is 6.18. The van der Waals surface area contributed by atoms with Gasteiger partial charge in [0.2, 0.25) is 5.82 Å². The number of nitriles is 1. The average molecular weight is 664 g/mol. The van der Waals surface area contributed by atoms with Crippen LogP contribution in [0.5, 0.6) is 0 Å². The van der Waals surface area contributed by atoms with E-state index in [2.05, 4.69) is 91.5 Å². The topological polar surface area (TPSA) is 136 Å². The van der Waals surface area contributed by atoms with Crippen LogP contribution in [0.15, 0.2) is 18.0 Å². The van der Waals surface area contributed by atoms with E-state index in [1.165, 1.54) is 11.9 Å². The first-order chi connectivity index (χ1) is 22.3. The van der Waals surface area contributed by atoms with Crippen LogP contribution < -0.4 is 5.73 Å². The summed E-state index contributed by atoms with van der Waals surface area (Å²) in [7, 11) is 0. The molecule has 0 unspecified atom stereocenters.